The van der Waals surface area contributed by atoms with Gasteiger partial charge in [0.05, 0.1) is 6.54 Å². The number of allylic oxidation sites excluding steroid dienone is 1. The van der Waals surface area contributed by atoms with E-state index in [-0.39, 0.29) is 32.7 Å². The molecule has 1 amide bonds. The zero-order valence-corrected chi connectivity index (χ0v) is 20.3. The van der Waals surface area contributed by atoms with E-state index in [4.69, 9.17) is 5.73 Å². The Kier molecular flexibility index (Phi) is 10.4. The van der Waals surface area contributed by atoms with Gasteiger partial charge in [-0.2, -0.15) is 0 Å². The number of anilines is 1. The van der Waals surface area contributed by atoms with Crippen molar-refractivity contribution in [2.75, 3.05) is 18.9 Å². The summed E-state index contributed by atoms with van der Waals surface area (Å²) in [5, 5.41) is 5.95. The van der Waals surface area contributed by atoms with Crippen molar-refractivity contribution in [2.24, 2.45) is 10.7 Å². The molecule has 170 valence electrons. The minimum atomic E-state index is -0.0130. The molecule has 6 nitrogen and oxygen atoms in total. The Labute approximate surface area is 209 Å². The molecule has 0 radical (unpaired) electrons. The van der Waals surface area contributed by atoms with Crippen molar-refractivity contribution in [3.05, 3.63) is 90.3 Å². The van der Waals surface area contributed by atoms with Crippen molar-refractivity contribution < 1.29 is 7.65 Å². The maximum Gasteiger partial charge on any atom is 0.221 e. The number of nitrogens with zero attached hydrogens (tertiary/aromatic N) is 2. The number of aliphatic imine (C=N–C) groups is 1. The predicted octanol–water partition coefficient (Wildman–Crippen LogP) is 4.98. The van der Waals surface area contributed by atoms with Gasteiger partial charge in [-0.15, -0.1) is 24.0 Å². The van der Waals surface area contributed by atoms with Crippen LogP contribution in [0.3, 0.4) is 0 Å². The maximum atomic E-state index is 11.5. The van der Waals surface area contributed by atoms with Gasteiger partial charge >= 0.3 is 0 Å². The molecule has 1 aromatic heterocycles. The highest BCUT2D eigenvalue weighted by molar-refractivity contribution is 14.0. The molecule has 4 N–H and O–H groups in total. The smallest absolute Gasteiger partial charge is 0.221 e. The number of hydrogen-bond donors (Lipinski definition) is 3. The van der Waals surface area contributed by atoms with Crippen LogP contribution in [0, 0.1) is 0 Å². The molecule has 1 heterocycles. The summed E-state index contributed by atoms with van der Waals surface area (Å²) in [7, 11) is 1.63. The van der Waals surface area contributed by atoms with Gasteiger partial charge in [-0.1, -0.05) is 42.5 Å². The van der Waals surface area contributed by atoms with E-state index in [0.717, 1.165) is 27.9 Å². The number of aromatic nitrogens is 1. The van der Waals surface area contributed by atoms with Crippen molar-refractivity contribution in [3.8, 4) is 11.1 Å². The largest absolute Gasteiger partial charge is 0.398 e. The van der Waals surface area contributed by atoms with E-state index >= 15 is 0 Å². The molecule has 2 aromatic carbocycles. The van der Waals surface area contributed by atoms with Crippen LogP contribution in [0.5, 0.6) is 0 Å². The number of nitrogens with two attached hydrogens (primary N) is 1. The minimum absolute atomic E-state index is 0. The zero-order chi connectivity index (χ0) is 21.9. The normalized spacial score (nSPS) is 11.1. The minimum Gasteiger partial charge on any atom is -0.398 e. The Bertz CT molecular complexity index is 1060. The third-order valence-electron chi connectivity index (χ3n) is 4.74. The van der Waals surface area contributed by atoms with E-state index in [1.807, 2.05) is 42.5 Å². The highest BCUT2D eigenvalue weighted by atomic mass is 127. The molecule has 0 fully saturated rings. The predicted molar refractivity (Wildman–Crippen MR) is 147 cm³/mol. The van der Waals surface area contributed by atoms with Crippen molar-refractivity contribution in [1.82, 2.24) is 10.3 Å². The Balaban J connectivity index is 0.00000363. The third kappa shape index (κ3) is 7.49. The Morgan fingerprint density at radius 3 is 2.66 bits per heavy atom. The molecule has 0 unspecified atom stereocenters. The second kappa shape index (κ2) is 13.3. The number of amides is 1. The van der Waals surface area contributed by atoms with E-state index in [1.165, 1.54) is 0 Å². The summed E-state index contributed by atoms with van der Waals surface area (Å²) in [5.41, 5.74) is 12.0. The van der Waals surface area contributed by atoms with Crippen LogP contribution in [0.15, 0.2) is 84.1 Å². The number of pyridine rings is 1. The molecular formula is C25H32IN5O. The van der Waals surface area contributed by atoms with Crippen LogP contribution >= 0.6 is 24.0 Å². The van der Waals surface area contributed by atoms with Crippen LogP contribution in [-0.2, 0) is 11.3 Å². The molecule has 0 saturated heterocycles. The van der Waals surface area contributed by atoms with Crippen LogP contribution < -0.4 is 16.4 Å². The molecule has 0 atom stereocenters. The lowest BCUT2D eigenvalue weighted by atomic mass is 10.00. The van der Waals surface area contributed by atoms with Gasteiger partial charge in [0, 0.05) is 58.4 Å². The second-order valence-electron chi connectivity index (χ2n) is 6.95. The molecule has 7 heteroatoms. The van der Waals surface area contributed by atoms with Crippen molar-refractivity contribution in [2.45, 2.75) is 13.0 Å². The van der Waals surface area contributed by atoms with E-state index in [1.54, 1.807) is 31.7 Å². The average molecular weight is 545 g/mol. The summed E-state index contributed by atoms with van der Waals surface area (Å²) in [5.74, 6) is -0.0130. The van der Waals surface area contributed by atoms with Gasteiger partial charge in [0.15, 0.2) is 0 Å². The quantitative estimate of drug-likeness (QED) is 0.261. The summed E-state index contributed by atoms with van der Waals surface area (Å²) >= 11 is 0. The van der Waals surface area contributed by atoms with Crippen molar-refractivity contribution in [3.63, 3.8) is 0 Å². The number of carbonyl (C=O) groups is 1. The summed E-state index contributed by atoms with van der Waals surface area (Å²) < 4.78 is 0. The Morgan fingerprint density at radius 2 is 1.94 bits per heavy atom. The first-order chi connectivity index (χ1) is 15.2. The van der Waals surface area contributed by atoms with Gasteiger partial charge < -0.3 is 16.4 Å². The summed E-state index contributed by atoms with van der Waals surface area (Å²) in [6, 6.07) is 20.1. The lowest BCUT2D eigenvalue weighted by Crippen LogP contribution is -2.21. The van der Waals surface area contributed by atoms with Gasteiger partial charge in [-0.25, -0.2) is 0 Å². The van der Waals surface area contributed by atoms with E-state index in [0.29, 0.717) is 25.2 Å². The van der Waals surface area contributed by atoms with Gasteiger partial charge in [0.25, 0.3) is 0 Å². The molecule has 0 bridgehead atoms. The van der Waals surface area contributed by atoms with Crippen LogP contribution in [0.2, 0.25) is 0 Å². The van der Waals surface area contributed by atoms with E-state index in [9.17, 15) is 4.79 Å². The van der Waals surface area contributed by atoms with Gasteiger partial charge in [-0.3, -0.25) is 14.8 Å². The zero-order valence-electron chi connectivity index (χ0n) is 18.0. The molecule has 3 aromatic rings. The number of benzene rings is 2. The first-order valence-corrected chi connectivity index (χ1v) is 10.2. The van der Waals surface area contributed by atoms with Gasteiger partial charge in [-0.05, 0) is 41.0 Å². The van der Waals surface area contributed by atoms with Gasteiger partial charge in [0.2, 0.25) is 5.91 Å². The van der Waals surface area contributed by atoms with Crippen molar-refractivity contribution in [1.29, 1.82) is 0 Å². The first-order valence-electron chi connectivity index (χ1n) is 10.2. The molecule has 0 spiro atoms. The summed E-state index contributed by atoms with van der Waals surface area (Å²) in [4.78, 5) is 20.1. The molecule has 32 heavy (non-hydrogen) atoms. The highest BCUT2D eigenvalue weighted by Crippen LogP contribution is 2.28. The number of halogens is 1. The molecule has 0 aliphatic rings. The highest BCUT2D eigenvalue weighted by Gasteiger charge is 2.08. The molecule has 0 saturated carbocycles. The van der Waals surface area contributed by atoms with Crippen LogP contribution in [0.25, 0.3) is 16.8 Å². The fourth-order valence-electron chi connectivity index (χ4n) is 3.06. The van der Waals surface area contributed by atoms with Crippen LogP contribution in [0.1, 0.15) is 20.4 Å². The number of rotatable bonds is 9. The molecule has 0 aliphatic heterocycles. The maximum absolute atomic E-state index is 11.5. The van der Waals surface area contributed by atoms with E-state index in [2.05, 4.69) is 38.8 Å². The lowest BCUT2D eigenvalue weighted by Gasteiger charge is -2.14. The van der Waals surface area contributed by atoms with Crippen molar-refractivity contribution >= 4 is 47.5 Å². The SMILES string of the molecule is CNC(=O)CCNc1ccc(-c2ccccc2)cc1/C(N)=C/C=NCc1cccnc1.I.[HH].[HH]. The fraction of sp³-hybridized carbons (Fsp3) is 0.160. The molecule has 0 aliphatic carbocycles. The van der Waals surface area contributed by atoms with Crippen LogP contribution in [-0.4, -0.2) is 30.7 Å². The lowest BCUT2D eigenvalue weighted by molar-refractivity contribution is -0.120. The second-order valence-corrected chi connectivity index (χ2v) is 6.95. The van der Waals surface area contributed by atoms with Gasteiger partial charge in [0.1, 0.15) is 0 Å². The van der Waals surface area contributed by atoms with Crippen LogP contribution in [0.4, 0.5) is 5.69 Å². The summed E-state index contributed by atoms with van der Waals surface area (Å²) in [6.45, 7) is 1.05. The first kappa shape index (κ1) is 25.1. The average Bonchev–Trinajstić information content (AvgIpc) is 2.83. The topological polar surface area (TPSA) is 92.4 Å². The molecule has 3 rings (SSSR count). The fourth-order valence-corrected chi connectivity index (χ4v) is 3.06. The number of nitrogens with one attached hydrogen (secondary N) is 2. The Hall–Kier alpha value is -3.20. The molecular weight excluding hydrogens is 513 g/mol. The third-order valence-corrected chi connectivity index (χ3v) is 4.74. The van der Waals surface area contributed by atoms with E-state index < -0.39 is 0 Å². The summed E-state index contributed by atoms with van der Waals surface area (Å²) in [6.07, 6.45) is 7.43. The standard InChI is InChI=1S/C25H27N5O.HI.2H2/c1-27-25(31)12-15-30-24-10-9-21(20-7-3-2-4-8-20)16-22(24)23(26)11-14-29-18-19-6-5-13-28-17-19;;;/h2-11,13-14,16-17,30H,12,15,18,26H2,1H3,(H,27,31);3*1H/b23-11-,29-14?;;;. The number of hydrogen-bond acceptors (Lipinski definition) is 5. The number of carbonyl (C=O) groups excluding carboxylic acids is 1. The monoisotopic (exact) mass is 545 g/mol. The Morgan fingerprint density at radius 1 is 1.12 bits per heavy atom.